The Bertz CT molecular complexity index is 437. The van der Waals surface area contributed by atoms with Crippen molar-refractivity contribution in [3.8, 4) is 0 Å². The Kier molecular flexibility index (Phi) is 4.53. The van der Waals surface area contributed by atoms with E-state index in [2.05, 4.69) is 0 Å². The molecule has 0 radical (unpaired) electrons. The molecule has 6 heteroatoms. The van der Waals surface area contributed by atoms with Crippen molar-refractivity contribution in [2.75, 3.05) is 18.1 Å². The fraction of sp³-hybridized carbons (Fsp3) is 0.333. The quantitative estimate of drug-likeness (QED) is 0.610. The molecule has 0 heterocycles. The summed E-state index contributed by atoms with van der Waals surface area (Å²) in [5.74, 6) is -1.27. The Hall–Kier alpha value is -2.24. The topological polar surface area (TPSA) is 105 Å². The van der Waals surface area contributed by atoms with Crippen LogP contribution in [0.2, 0.25) is 0 Å². The fourth-order valence-electron chi connectivity index (χ4n) is 1.30. The highest BCUT2D eigenvalue weighted by molar-refractivity contribution is 5.92. The predicted octanol–water partition coefficient (Wildman–Crippen LogP) is 0.959. The molecule has 1 aromatic carbocycles. The van der Waals surface area contributed by atoms with E-state index in [0.717, 1.165) is 0 Å². The van der Waals surface area contributed by atoms with Crippen LogP contribution in [0.5, 0.6) is 0 Å². The normalized spacial score (nSPS) is 10.2. The third-order valence-corrected chi connectivity index (χ3v) is 1.90. The molecule has 0 fully saturated rings. The van der Waals surface area contributed by atoms with Gasteiger partial charge in [-0.05, 0) is 32.0 Å². The van der Waals surface area contributed by atoms with Crippen molar-refractivity contribution in [2.45, 2.75) is 20.0 Å². The highest BCUT2D eigenvalue weighted by Crippen LogP contribution is 2.14. The SMILES string of the molecule is CC(C)OC(=O)COC(=O)c1cc(N)cc(N)c1. The lowest BCUT2D eigenvalue weighted by Gasteiger charge is -2.09. The van der Waals surface area contributed by atoms with Crippen molar-refractivity contribution in [3.05, 3.63) is 23.8 Å². The van der Waals surface area contributed by atoms with Gasteiger partial charge >= 0.3 is 11.9 Å². The molecule has 0 aromatic heterocycles. The Labute approximate surface area is 105 Å². The molecule has 98 valence electrons. The van der Waals surface area contributed by atoms with E-state index in [1.807, 2.05) is 0 Å². The third kappa shape index (κ3) is 4.32. The van der Waals surface area contributed by atoms with Gasteiger partial charge in [0.1, 0.15) is 0 Å². The predicted molar refractivity (Wildman–Crippen MR) is 66.8 cm³/mol. The van der Waals surface area contributed by atoms with Gasteiger partial charge in [-0.25, -0.2) is 9.59 Å². The Morgan fingerprint density at radius 3 is 2.22 bits per heavy atom. The lowest BCUT2D eigenvalue weighted by molar-refractivity contribution is -0.150. The number of rotatable bonds is 4. The number of carbonyl (C=O) groups is 2. The summed E-state index contributed by atoms with van der Waals surface area (Å²) >= 11 is 0. The maximum absolute atomic E-state index is 11.6. The Balaban J connectivity index is 2.58. The van der Waals surface area contributed by atoms with Gasteiger partial charge in [0.15, 0.2) is 6.61 Å². The highest BCUT2D eigenvalue weighted by Gasteiger charge is 2.12. The molecule has 0 saturated heterocycles. The highest BCUT2D eigenvalue weighted by atomic mass is 16.6. The van der Waals surface area contributed by atoms with Crippen molar-refractivity contribution in [2.24, 2.45) is 0 Å². The van der Waals surface area contributed by atoms with E-state index < -0.39 is 18.5 Å². The summed E-state index contributed by atoms with van der Waals surface area (Å²) in [5.41, 5.74) is 12.0. The van der Waals surface area contributed by atoms with Crippen LogP contribution in [-0.4, -0.2) is 24.6 Å². The summed E-state index contributed by atoms with van der Waals surface area (Å²) < 4.78 is 9.59. The molecule has 0 spiro atoms. The van der Waals surface area contributed by atoms with Gasteiger partial charge in [0.05, 0.1) is 11.7 Å². The van der Waals surface area contributed by atoms with Crippen molar-refractivity contribution in [1.82, 2.24) is 0 Å². The van der Waals surface area contributed by atoms with Crippen molar-refractivity contribution in [1.29, 1.82) is 0 Å². The fourth-order valence-corrected chi connectivity index (χ4v) is 1.30. The first-order valence-corrected chi connectivity index (χ1v) is 5.41. The second-order valence-electron chi connectivity index (χ2n) is 4.00. The zero-order valence-electron chi connectivity index (χ0n) is 10.3. The minimum absolute atomic E-state index is 0.199. The number of hydrogen-bond donors (Lipinski definition) is 2. The molecular weight excluding hydrogens is 236 g/mol. The molecule has 4 N–H and O–H groups in total. The second kappa shape index (κ2) is 5.90. The van der Waals surface area contributed by atoms with Crippen molar-refractivity contribution < 1.29 is 19.1 Å². The average molecular weight is 252 g/mol. The molecule has 18 heavy (non-hydrogen) atoms. The summed E-state index contributed by atoms with van der Waals surface area (Å²) in [7, 11) is 0. The number of ether oxygens (including phenoxy) is 2. The van der Waals surface area contributed by atoms with E-state index in [1.165, 1.54) is 18.2 Å². The molecule has 6 nitrogen and oxygen atoms in total. The number of benzene rings is 1. The number of hydrogen-bond acceptors (Lipinski definition) is 6. The number of nitrogens with two attached hydrogens (primary N) is 2. The summed E-state index contributed by atoms with van der Waals surface area (Å²) in [6.45, 7) is 2.97. The van der Waals surface area contributed by atoms with Crippen LogP contribution in [0.4, 0.5) is 11.4 Å². The second-order valence-corrected chi connectivity index (χ2v) is 4.00. The van der Waals surface area contributed by atoms with E-state index in [-0.39, 0.29) is 11.7 Å². The third-order valence-electron chi connectivity index (χ3n) is 1.90. The first kappa shape index (κ1) is 13.8. The molecule has 0 atom stereocenters. The van der Waals surface area contributed by atoms with E-state index in [4.69, 9.17) is 20.9 Å². The van der Waals surface area contributed by atoms with Gasteiger partial charge in [0.2, 0.25) is 0 Å². The van der Waals surface area contributed by atoms with Crippen LogP contribution in [0.1, 0.15) is 24.2 Å². The Morgan fingerprint density at radius 2 is 1.72 bits per heavy atom. The molecule has 0 bridgehead atoms. The Morgan fingerprint density at radius 1 is 1.17 bits per heavy atom. The van der Waals surface area contributed by atoms with Crippen molar-refractivity contribution in [3.63, 3.8) is 0 Å². The summed E-state index contributed by atoms with van der Waals surface area (Å²) in [5, 5.41) is 0. The molecule has 1 rings (SSSR count). The van der Waals surface area contributed by atoms with Crippen LogP contribution in [0.3, 0.4) is 0 Å². The van der Waals surface area contributed by atoms with Gasteiger partial charge in [-0.3, -0.25) is 0 Å². The van der Waals surface area contributed by atoms with Gasteiger partial charge in [0.25, 0.3) is 0 Å². The zero-order chi connectivity index (χ0) is 13.7. The maximum atomic E-state index is 11.6. The average Bonchev–Trinajstić information content (AvgIpc) is 2.23. The summed E-state index contributed by atoms with van der Waals surface area (Å²) in [4.78, 5) is 22.8. The van der Waals surface area contributed by atoms with Crippen LogP contribution in [0.25, 0.3) is 0 Å². The number of esters is 2. The molecular formula is C12H16N2O4. The van der Waals surface area contributed by atoms with Gasteiger partial charge < -0.3 is 20.9 Å². The van der Waals surface area contributed by atoms with E-state index >= 15 is 0 Å². The summed E-state index contributed by atoms with van der Waals surface area (Å²) in [6, 6.07) is 4.36. The maximum Gasteiger partial charge on any atom is 0.344 e. The summed E-state index contributed by atoms with van der Waals surface area (Å²) in [6.07, 6.45) is -0.251. The molecule has 0 aliphatic rings. The molecule has 1 aromatic rings. The van der Waals surface area contributed by atoms with E-state index in [1.54, 1.807) is 13.8 Å². The van der Waals surface area contributed by atoms with Gasteiger partial charge in [-0.2, -0.15) is 0 Å². The van der Waals surface area contributed by atoms with Gasteiger partial charge in [-0.1, -0.05) is 0 Å². The molecule has 0 amide bonds. The van der Waals surface area contributed by atoms with Crippen LogP contribution >= 0.6 is 0 Å². The first-order chi connectivity index (χ1) is 8.38. The minimum Gasteiger partial charge on any atom is -0.460 e. The first-order valence-electron chi connectivity index (χ1n) is 5.41. The van der Waals surface area contributed by atoms with Crippen LogP contribution < -0.4 is 11.5 Å². The molecule has 0 saturated carbocycles. The molecule has 0 aliphatic heterocycles. The van der Waals surface area contributed by atoms with Crippen LogP contribution in [0.15, 0.2) is 18.2 Å². The largest absolute Gasteiger partial charge is 0.460 e. The number of carbonyl (C=O) groups excluding carboxylic acids is 2. The van der Waals surface area contributed by atoms with Gasteiger partial charge in [0, 0.05) is 11.4 Å². The zero-order valence-corrected chi connectivity index (χ0v) is 10.3. The minimum atomic E-state index is -0.672. The monoisotopic (exact) mass is 252 g/mol. The smallest absolute Gasteiger partial charge is 0.344 e. The number of anilines is 2. The van der Waals surface area contributed by atoms with Crippen LogP contribution in [-0.2, 0) is 14.3 Å². The van der Waals surface area contributed by atoms with Gasteiger partial charge in [-0.15, -0.1) is 0 Å². The van der Waals surface area contributed by atoms with Crippen LogP contribution in [0, 0.1) is 0 Å². The van der Waals surface area contributed by atoms with E-state index in [0.29, 0.717) is 11.4 Å². The molecule has 0 aliphatic carbocycles. The molecule has 0 unspecified atom stereocenters. The lowest BCUT2D eigenvalue weighted by atomic mass is 10.2. The standard InChI is InChI=1S/C12H16N2O4/c1-7(2)18-11(15)6-17-12(16)8-3-9(13)5-10(14)4-8/h3-5,7H,6,13-14H2,1-2H3. The lowest BCUT2D eigenvalue weighted by Crippen LogP contribution is -2.19. The van der Waals surface area contributed by atoms with Crippen molar-refractivity contribution >= 4 is 23.3 Å². The number of nitrogen functional groups attached to an aromatic ring is 2. The van der Waals surface area contributed by atoms with E-state index in [9.17, 15) is 9.59 Å².